The Morgan fingerprint density at radius 2 is 2.18 bits per heavy atom. The van der Waals surface area contributed by atoms with Gasteiger partial charge in [-0.2, -0.15) is 5.26 Å². The Labute approximate surface area is 109 Å². The molecule has 0 saturated heterocycles. The Morgan fingerprint density at radius 3 is 2.76 bits per heavy atom. The molecule has 0 heterocycles. The van der Waals surface area contributed by atoms with E-state index in [9.17, 15) is 0 Å². The molecule has 17 heavy (non-hydrogen) atoms. The van der Waals surface area contributed by atoms with E-state index in [1.807, 2.05) is 6.07 Å². The van der Waals surface area contributed by atoms with Crippen molar-refractivity contribution in [3.63, 3.8) is 0 Å². The first-order chi connectivity index (χ1) is 8.13. The summed E-state index contributed by atoms with van der Waals surface area (Å²) in [5, 5.41) is 12.8. The molecule has 0 aliphatic heterocycles. The second kappa shape index (κ2) is 7.32. The number of halogens is 1. The maximum Gasteiger partial charge on any atom is 0.0992 e. The van der Waals surface area contributed by atoms with Crippen LogP contribution in [0.3, 0.4) is 0 Å². The van der Waals surface area contributed by atoms with Crippen LogP contribution in [0.1, 0.15) is 37.8 Å². The standard InChI is InChI=1S/C14H19ClN2/c1-11(2)4-3-7-17-10-13-6-5-12(9-16)8-14(13)15/h5-6,8,11,17H,3-4,7,10H2,1-2H3. The molecule has 0 radical (unpaired) electrons. The molecule has 92 valence electrons. The Bertz CT molecular complexity index is 394. The minimum absolute atomic E-state index is 0.610. The molecule has 0 aliphatic carbocycles. The summed E-state index contributed by atoms with van der Waals surface area (Å²) in [6.45, 7) is 6.24. The van der Waals surface area contributed by atoms with Crippen LogP contribution in [-0.4, -0.2) is 6.54 Å². The summed E-state index contributed by atoms with van der Waals surface area (Å²) in [5.41, 5.74) is 1.66. The van der Waals surface area contributed by atoms with E-state index < -0.39 is 0 Å². The second-order valence-electron chi connectivity index (χ2n) is 4.63. The molecule has 1 aromatic carbocycles. The van der Waals surface area contributed by atoms with Gasteiger partial charge in [0.2, 0.25) is 0 Å². The van der Waals surface area contributed by atoms with E-state index in [0.717, 1.165) is 24.6 Å². The highest BCUT2D eigenvalue weighted by Crippen LogP contribution is 2.17. The lowest BCUT2D eigenvalue weighted by molar-refractivity contribution is 0.527. The summed E-state index contributed by atoms with van der Waals surface area (Å²) in [7, 11) is 0. The van der Waals surface area contributed by atoms with Gasteiger partial charge in [0.05, 0.1) is 11.6 Å². The van der Waals surface area contributed by atoms with Crippen molar-refractivity contribution >= 4 is 11.6 Å². The zero-order valence-electron chi connectivity index (χ0n) is 10.5. The molecule has 0 aromatic heterocycles. The number of benzene rings is 1. The van der Waals surface area contributed by atoms with Crippen LogP contribution in [0.4, 0.5) is 0 Å². The van der Waals surface area contributed by atoms with Crippen molar-refractivity contribution < 1.29 is 0 Å². The predicted molar refractivity (Wildman–Crippen MR) is 71.9 cm³/mol. The smallest absolute Gasteiger partial charge is 0.0992 e. The van der Waals surface area contributed by atoms with Gasteiger partial charge in [0.1, 0.15) is 0 Å². The van der Waals surface area contributed by atoms with Crippen LogP contribution < -0.4 is 5.32 Å². The number of nitrogens with one attached hydrogen (secondary N) is 1. The predicted octanol–water partition coefficient (Wildman–Crippen LogP) is 3.74. The molecule has 0 spiro atoms. The van der Waals surface area contributed by atoms with Gasteiger partial charge >= 0.3 is 0 Å². The molecule has 0 bridgehead atoms. The van der Waals surface area contributed by atoms with Gasteiger partial charge in [-0.3, -0.25) is 0 Å². The van der Waals surface area contributed by atoms with E-state index in [0.29, 0.717) is 10.6 Å². The van der Waals surface area contributed by atoms with Gasteiger partial charge in [0, 0.05) is 11.6 Å². The summed E-state index contributed by atoms with van der Waals surface area (Å²) >= 11 is 6.08. The van der Waals surface area contributed by atoms with Crippen LogP contribution in [0, 0.1) is 17.2 Å². The SMILES string of the molecule is CC(C)CCCNCc1ccc(C#N)cc1Cl. The maximum absolute atomic E-state index is 8.73. The lowest BCUT2D eigenvalue weighted by Gasteiger charge is -2.08. The summed E-state index contributed by atoms with van der Waals surface area (Å²) in [4.78, 5) is 0. The number of nitrogens with zero attached hydrogens (tertiary/aromatic N) is 1. The van der Waals surface area contributed by atoms with E-state index in [4.69, 9.17) is 16.9 Å². The van der Waals surface area contributed by atoms with Crippen LogP contribution >= 0.6 is 11.6 Å². The molecule has 0 atom stereocenters. The molecule has 1 rings (SSSR count). The molecular formula is C14H19ClN2. The van der Waals surface area contributed by atoms with Crippen molar-refractivity contribution in [3.05, 3.63) is 34.3 Å². The Morgan fingerprint density at radius 1 is 1.41 bits per heavy atom. The molecule has 0 unspecified atom stereocenters. The molecule has 0 amide bonds. The normalized spacial score (nSPS) is 10.5. The Hall–Kier alpha value is -1.04. The lowest BCUT2D eigenvalue weighted by Crippen LogP contribution is -2.15. The van der Waals surface area contributed by atoms with Gasteiger partial charge < -0.3 is 5.32 Å². The average Bonchev–Trinajstić information content (AvgIpc) is 2.30. The molecule has 2 nitrogen and oxygen atoms in total. The average molecular weight is 251 g/mol. The van der Waals surface area contributed by atoms with Crippen molar-refractivity contribution in [1.29, 1.82) is 5.26 Å². The first-order valence-corrected chi connectivity index (χ1v) is 6.40. The third kappa shape index (κ3) is 5.21. The van der Waals surface area contributed by atoms with Gasteiger partial charge in [-0.25, -0.2) is 0 Å². The summed E-state index contributed by atoms with van der Waals surface area (Å²) in [6.07, 6.45) is 2.43. The third-order valence-electron chi connectivity index (χ3n) is 2.63. The molecule has 1 N–H and O–H groups in total. The number of rotatable bonds is 6. The van der Waals surface area contributed by atoms with E-state index >= 15 is 0 Å². The van der Waals surface area contributed by atoms with Crippen molar-refractivity contribution in [1.82, 2.24) is 5.32 Å². The first-order valence-electron chi connectivity index (χ1n) is 6.02. The Kier molecular flexibility index (Phi) is 6.04. The van der Waals surface area contributed by atoms with Crippen molar-refractivity contribution in [2.45, 2.75) is 33.2 Å². The lowest BCUT2D eigenvalue weighted by atomic mass is 10.1. The van der Waals surface area contributed by atoms with Crippen molar-refractivity contribution in [2.24, 2.45) is 5.92 Å². The highest BCUT2D eigenvalue weighted by atomic mass is 35.5. The van der Waals surface area contributed by atoms with Crippen molar-refractivity contribution in [3.8, 4) is 6.07 Å². The molecule has 3 heteroatoms. The number of hydrogen-bond acceptors (Lipinski definition) is 2. The minimum Gasteiger partial charge on any atom is -0.313 e. The van der Waals surface area contributed by atoms with E-state index in [1.165, 1.54) is 12.8 Å². The highest BCUT2D eigenvalue weighted by molar-refractivity contribution is 6.31. The zero-order chi connectivity index (χ0) is 12.7. The minimum atomic E-state index is 0.610. The molecule has 1 aromatic rings. The Balaban J connectivity index is 2.35. The summed E-state index contributed by atoms with van der Waals surface area (Å²) in [5.74, 6) is 0.760. The summed E-state index contributed by atoms with van der Waals surface area (Å²) in [6, 6.07) is 7.51. The van der Waals surface area contributed by atoms with Crippen LogP contribution in [0.15, 0.2) is 18.2 Å². The first kappa shape index (κ1) is 14.0. The van der Waals surface area contributed by atoms with Crippen LogP contribution in [0.25, 0.3) is 0 Å². The van der Waals surface area contributed by atoms with E-state index in [-0.39, 0.29) is 0 Å². The van der Waals surface area contributed by atoms with Gasteiger partial charge in [-0.05, 0) is 43.0 Å². The third-order valence-corrected chi connectivity index (χ3v) is 2.98. The van der Waals surface area contributed by atoms with Gasteiger partial charge in [0.15, 0.2) is 0 Å². The molecule has 0 aliphatic rings. The molecular weight excluding hydrogens is 232 g/mol. The van der Waals surface area contributed by atoms with E-state index in [2.05, 4.69) is 25.2 Å². The van der Waals surface area contributed by atoms with E-state index in [1.54, 1.807) is 12.1 Å². The topological polar surface area (TPSA) is 35.8 Å². The second-order valence-corrected chi connectivity index (χ2v) is 5.04. The fraction of sp³-hybridized carbons (Fsp3) is 0.500. The summed E-state index contributed by atoms with van der Waals surface area (Å²) < 4.78 is 0. The highest BCUT2D eigenvalue weighted by Gasteiger charge is 2.01. The van der Waals surface area contributed by atoms with Crippen LogP contribution in [-0.2, 0) is 6.54 Å². The maximum atomic E-state index is 8.73. The van der Waals surface area contributed by atoms with Gasteiger partial charge in [0.25, 0.3) is 0 Å². The van der Waals surface area contributed by atoms with Crippen LogP contribution in [0.5, 0.6) is 0 Å². The van der Waals surface area contributed by atoms with Gasteiger partial charge in [-0.15, -0.1) is 0 Å². The molecule has 0 fully saturated rings. The zero-order valence-corrected chi connectivity index (χ0v) is 11.2. The van der Waals surface area contributed by atoms with Crippen LogP contribution in [0.2, 0.25) is 5.02 Å². The largest absolute Gasteiger partial charge is 0.313 e. The fourth-order valence-corrected chi connectivity index (χ4v) is 1.87. The quantitative estimate of drug-likeness (QED) is 0.781. The number of hydrogen-bond donors (Lipinski definition) is 1. The monoisotopic (exact) mass is 250 g/mol. The number of nitriles is 1. The van der Waals surface area contributed by atoms with Crippen molar-refractivity contribution in [2.75, 3.05) is 6.54 Å². The molecule has 0 saturated carbocycles. The fourth-order valence-electron chi connectivity index (χ4n) is 1.62. The van der Waals surface area contributed by atoms with Gasteiger partial charge in [-0.1, -0.05) is 31.5 Å².